The smallest absolute Gasteiger partial charge is 0.311 e. The predicted molar refractivity (Wildman–Crippen MR) is 104 cm³/mol. The highest BCUT2D eigenvalue weighted by Crippen LogP contribution is 2.34. The van der Waals surface area contributed by atoms with Gasteiger partial charge in [-0.3, -0.25) is 9.59 Å². The summed E-state index contributed by atoms with van der Waals surface area (Å²) in [6, 6.07) is 11.3. The van der Waals surface area contributed by atoms with Crippen molar-refractivity contribution < 1.29 is 23.8 Å². The van der Waals surface area contributed by atoms with Gasteiger partial charge in [-0.25, -0.2) is 0 Å². The molecule has 1 heterocycles. The van der Waals surface area contributed by atoms with Gasteiger partial charge < -0.3 is 19.5 Å². The minimum Gasteiger partial charge on any atom is -0.454 e. The average molecular weight is 381 g/mol. The molecule has 1 aliphatic carbocycles. The lowest BCUT2D eigenvalue weighted by Crippen LogP contribution is -2.30. The second-order valence-corrected chi connectivity index (χ2v) is 7.18. The fourth-order valence-corrected chi connectivity index (χ4v) is 3.57. The van der Waals surface area contributed by atoms with E-state index >= 15 is 0 Å². The fraction of sp³-hybridized carbons (Fsp3) is 0.364. The van der Waals surface area contributed by atoms with Gasteiger partial charge in [0.05, 0.1) is 6.42 Å². The monoisotopic (exact) mass is 381 g/mol. The standard InChI is InChI=1S/C22H23NO5/c1-14(22(25)23-18-8-9-19-20(12-18)27-13-26-19)28-21(24)11-15-6-7-16-4-2-3-5-17(16)10-15/h6-10,12,14H,2-5,11,13H2,1H3,(H,23,25)/t14-/m1/s1. The highest BCUT2D eigenvalue weighted by molar-refractivity contribution is 5.95. The van der Waals surface area contributed by atoms with Crippen molar-refractivity contribution in [3.8, 4) is 11.5 Å². The lowest BCUT2D eigenvalue weighted by Gasteiger charge is -2.17. The van der Waals surface area contributed by atoms with E-state index in [9.17, 15) is 9.59 Å². The van der Waals surface area contributed by atoms with Crippen molar-refractivity contribution in [3.05, 3.63) is 53.1 Å². The van der Waals surface area contributed by atoms with Crippen LogP contribution in [0.5, 0.6) is 11.5 Å². The third kappa shape index (κ3) is 4.11. The van der Waals surface area contributed by atoms with Gasteiger partial charge >= 0.3 is 5.97 Å². The van der Waals surface area contributed by atoms with E-state index in [2.05, 4.69) is 17.4 Å². The van der Waals surface area contributed by atoms with Crippen molar-refractivity contribution in [2.24, 2.45) is 0 Å². The summed E-state index contributed by atoms with van der Waals surface area (Å²) < 4.78 is 15.9. The van der Waals surface area contributed by atoms with Gasteiger partial charge in [0.15, 0.2) is 17.6 Å². The second-order valence-electron chi connectivity index (χ2n) is 7.18. The number of hydrogen-bond donors (Lipinski definition) is 1. The van der Waals surface area contributed by atoms with Gasteiger partial charge in [0.25, 0.3) is 5.91 Å². The first kappa shape index (κ1) is 18.3. The Hall–Kier alpha value is -3.02. The van der Waals surface area contributed by atoms with E-state index in [0.29, 0.717) is 17.2 Å². The Morgan fingerprint density at radius 2 is 1.82 bits per heavy atom. The number of fused-ring (bicyclic) bond motifs is 2. The molecule has 0 saturated carbocycles. The van der Waals surface area contributed by atoms with E-state index in [-0.39, 0.29) is 13.2 Å². The zero-order valence-corrected chi connectivity index (χ0v) is 15.8. The van der Waals surface area contributed by atoms with E-state index in [4.69, 9.17) is 14.2 Å². The topological polar surface area (TPSA) is 73.9 Å². The number of hydrogen-bond acceptors (Lipinski definition) is 5. The van der Waals surface area contributed by atoms with Gasteiger partial charge in [-0.05, 0) is 61.4 Å². The molecule has 0 spiro atoms. The van der Waals surface area contributed by atoms with Gasteiger partial charge in [-0.15, -0.1) is 0 Å². The van der Waals surface area contributed by atoms with Crippen LogP contribution in [0, 0.1) is 0 Å². The summed E-state index contributed by atoms with van der Waals surface area (Å²) in [5, 5.41) is 2.73. The Labute approximate surface area is 163 Å². The van der Waals surface area contributed by atoms with Gasteiger partial charge in [0, 0.05) is 11.8 Å². The number of esters is 1. The second kappa shape index (κ2) is 7.92. The molecular weight excluding hydrogens is 358 g/mol. The normalized spacial score (nSPS) is 15.5. The molecular formula is C22H23NO5. The number of anilines is 1. The summed E-state index contributed by atoms with van der Waals surface area (Å²) in [6.07, 6.45) is 3.86. The van der Waals surface area contributed by atoms with Gasteiger partial charge in [-0.1, -0.05) is 18.2 Å². The molecule has 2 aromatic rings. The summed E-state index contributed by atoms with van der Waals surface area (Å²) in [4.78, 5) is 24.6. The summed E-state index contributed by atoms with van der Waals surface area (Å²) in [5.41, 5.74) is 4.19. The summed E-state index contributed by atoms with van der Waals surface area (Å²) in [7, 11) is 0. The van der Waals surface area contributed by atoms with E-state index in [1.54, 1.807) is 25.1 Å². The van der Waals surface area contributed by atoms with Crippen LogP contribution in [-0.4, -0.2) is 24.8 Å². The average Bonchev–Trinajstić information content (AvgIpc) is 3.15. The first-order valence-electron chi connectivity index (χ1n) is 9.59. The molecule has 2 aromatic carbocycles. The predicted octanol–water partition coefficient (Wildman–Crippen LogP) is 3.41. The van der Waals surface area contributed by atoms with Crippen molar-refractivity contribution in [2.45, 2.75) is 45.1 Å². The Balaban J connectivity index is 1.32. The lowest BCUT2D eigenvalue weighted by atomic mass is 9.90. The van der Waals surface area contributed by atoms with Crippen LogP contribution in [0.25, 0.3) is 0 Å². The van der Waals surface area contributed by atoms with Crippen LogP contribution in [0.1, 0.15) is 36.5 Å². The molecule has 0 unspecified atom stereocenters. The maximum Gasteiger partial charge on any atom is 0.311 e. The van der Waals surface area contributed by atoms with Crippen LogP contribution in [0.2, 0.25) is 0 Å². The zero-order valence-electron chi connectivity index (χ0n) is 15.8. The number of nitrogens with one attached hydrogen (secondary N) is 1. The SMILES string of the molecule is C[C@@H](OC(=O)Cc1ccc2c(c1)CCCC2)C(=O)Nc1ccc2c(c1)OCO2. The van der Waals surface area contributed by atoms with Crippen LogP contribution in [0.3, 0.4) is 0 Å². The number of benzene rings is 2. The Bertz CT molecular complexity index is 908. The molecule has 1 N–H and O–H groups in total. The largest absolute Gasteiger partial charge is 0.454 e. The first-order chi connectivity index (χ1) is 13.6. The molecule has 6 heteroatoms. The van der Waals surface area contributed by atoms with Crippen molar-refractivity contribution >= 4 is 17.6 Å². The van der Waals surface area contributed by atoms with Gasteiger partial charge in [-0.2, -0.15) is 0 Å². The number of carbonyl (C=O) groups is 2. The lowest BCUT2D eigenvalue weighted by molar-refractivity contribution is -0.152. The highest BCUT2D eigenvalue weighted by Gasteiger charge is 2.20. The number of ether oxygens (including phenoxy) is 3. The molecule has 146 valence electrons. The maximum absolute atomic E-state index is 12.3. The molecule has 0 fully saturated rings. The van der Waals surface area contributed by atoms with Gasteiger partial charge in [0.2, 0.25) is 6.79 Å². The summed E-state index contributed by atoms with van der Waals surface area (Å²) in [6.45, 7) is 1.73. The molecule has 1 atom stereocenters. The molecule has 0 radical (unpaired) electrons. The maximum atomic E-state index is 12.3. The molecule has 2 aliphatic rings. The Morgan fingerprint density at radius 3 is 2.68 bits per heavy atom. The molecule has 1 aliphatic heterocycles. The van der Waals surface area contributed by atoms with Crippen molar-refractivity contribution in [1.82, 2.24) is 0 Å². The number of amides is 1. The van der Waals surface area contributed by atoms with Crippen molar-refractivity contribution in [2.75, 3.05) is 12.1 Å². The zero-order chi connectivity index (χ0) is 19.5. The molecule has 0 bridgehead atoms. The van der Waals surface area contributed by atoms with E-state index in [1.165, 1.54) is 24.0 Å². The van der Waals surface area contributed by atoms with Crippen LogP contribution >= 0.6 is 0 Å². The Kier molecular flexibility index (Phi) is 5.19. The molecule has 1 amide bonds. The van der Waals surface area contributed by atoms with Crippen molar-refractivity contribution in [1.29, 1.82) is 0 Å². The summed E-state index contributed by atoms with van der Waals surface area (Å²) in [5.74, 6) is 0.416. The number of aryl methyl sites for hydroxylation is 2. The van der Waals surface area contributed by atoms with Crippen LogP contribution in [-0.2, 0) is 33.6 Å². The number of rotatable bonds is 5. The van der Waals surface area contributed by atoms with Crippen LogP contribution in [0.4, 0.5) is 5.69 Å². The summed E-state index contributed by atoms with van der Waals surface area (Å²) >= 11 is 0. The van der Waals surface area contributed by atoms with Crippen LogP contribution in [0.15, 0.2) is 36.4 Å². The minimum atomic E-state index is -0.893. The van der Waals surface area contributed by atoms with Crippen LogP contribution < -0.4 is 14.8 Å². The minimum absolute atomic E-state index is 0.162. The van der Waals surface area contributed by atoms with E-state index in [0.717, 1.165) is 18.4 Å². The number of carbonyl (C=O) groups excluding carboxylic acids is 2. The molecule has 0 aromatic heterocycles. The van der Waals surface area contributed by atoms with Gasteiger partial charge in [0.1, 0.15) is 0 Å². The van der Waals surface area contributed by atoms with E-state index in [1.807, 2.05) is 6.07 Å². The highest BCUT2D eigenvalue weighted by atomic mass is 16.7. The molecule has 0 saturated heterocycles. The Morgan fingerprint density at radius 1 is 1.04 bits per heavy atom. The quantitative estimate of drug-likeness (QED) is 0.804. The van der Waals surface area contributed by atoms with Crippen molar-refractivity contribution in [3.63, 3.8) is 0 Å². The molecule has 6 nitrogen and oxygen atoms in total. The third-order valence-electron chi connectivity index (χ3n) is 5.08. The fourth-order valence-electron chi connectivity index (χ4n) is 3.57. The first-order valence-corrected chi connectivity index (χ1v) is 9.59. The molecule has 28 heavy (non-hydrogen) atoms. The third-order valence-corrected chi connectivity index (χ3v) is 5.08. The van der Waals surface area contributed by atoms with E-state index < -0.39 is 18.0 Å². The molecule has 4 rings (SSSR count).